The fraction of sp³-hybridized carbons (Fsp3) is 0.538. The van der Waals surface area contributed by atoms with E-state index in [0.717, 1.165) is 31.9 Å². The molecule has 0 aliphatic rings. The molecule has 5 heteroatoms. The highest BCUT2D eigenvalue weighted by atomic mass is 16.5. The van der Waals surface area contributed by atoms with Crippen molar-refractivity contribution in [3.05, 3.63) is 12.1 Å². The van der Waals surface area contributed by atoms with Gasteiger partial charge in [0.2, 0.25) is 0 Å². The molecule has 0 aliphatic carbocycles. The van der Waals surface area contributed by atoms with Crippen molar-refractivity contribution in [1.29, 1.82) is 0 Å². The number of ether oxygens (including phenoxy) is 3. The minimum Gasteiger partial charge on any atom is -0.493 e. The highest BCUT2D eigenvalue weighted by Gasteiger charge is 2.08. The van der Waals surface area contributed by atoms with E-state index in [9.17, 15) is 0 Å². The molecular formula is C13H22N2O3. The van der Waals surface area contributed by atoms with E-state index in [4.69, 9.17) is 19.9 Å². The zero-order valence-electron chi connectivity index (χ0n) is 11.3. The van der Waals surface area contributed by atoms with Gasteiger partial charge in [-0.1, -0.05) is 0 Å². The van der Waals surface area contributed by atoms with Crippen LogP contribution in [0, 0.1) is 0 Å². The Balaban J connectivity index is 2.59. The number of nitrogen functional groups attached to an aromatic ring is 1. The van der Waals surface area contributed by atoms with Crippen molar-refractivity contribution in [3.8, 4) is 11.5 Å². The van der Waals surface area contributed by atoms with E-state index in [0.29, 0.717) is 17.2 Å². The molecule has 0 saturated carbocycles. The molecule has 1 aromatic carbocycles. The second-order valence-corrected chi connectivity index (χ2v) is 3.77. The van der Waals surface area contributed by atoms with E-state index in [-0.39, 0.29) is 0 Å². The average Bonchev–Trinajstić information content (AvgIpc) is 2.39. The lowest BCUT2D eigenvalue weighted by Gasteiger charge is -2.14. The molecular weight excluding hydrogens is 232 g/mol. The molecule has 0 bridgehead atoms. The summed E-state index contributed by atoms with van der Waals surface area (Å²) >= 11 is 0. The SMILES string of the molecule is CCOCCCNc1cc(OC)c(OC)cc1N. The Morgan fingerprint density at radius 2 is 1.83 bits per heavy atom. The van der Waals surface area contributed by atoms with Crippen LogP contribution in [0.15, 0.2) is 12.1 Å². The molecule has 1 aromatic rings. The van der Waals surface area contributed by atoms with Crippen molar-refractivity contribution in [1.82, 2.24) is 0 Å². The molecule has 18 heavy (non-hydrogen) atoms. The number of rotatable bonds is 8. The van der Waals surface area contributed by atoms with E-state index < -0.39 is 0 Å². The lowest BCUT2D eigenvalue weighted by molar-refractivity contribution is 0.147. The van der Waals surface area contributed by atoms with Crippen LogP contribution in [0.5, 0.6) is 11.5 Å². The maximum atomic E-state index is 5.93. The molecule has 0 heterocycles. The van der Waals surface area contributed by atoms with Crippen LogP contribution < -0.4 is 20.5 Å². The standard InChI is InChI=1S/C13H22N2O3/c1-4-18-7-5-6-15-11-9-13(17-3)12(16-2)8-10(11)14/h8-9,15H,4-7,14H2,1-3H3. The van der Waals surface area contributed by atoms with Gasteiger partial charge in [0.05, 0.1) is 25.6 Å². The number of benzene rings is 1. The predicted octanol–water partition coefficient (Wildman–Crippen LogP) is 2.12. The third-order valence-corrected chi connectivity index (χ3v) is 2.54. The summed E-state index contributed by atoms with van der Waals surface area (Å²) in [6, 6.07) is 3.60. The minimum atomic E-state index is 0.634. The number of nitrogens with two attached hydrogens (primary N) is 1. The lowest BCUT2D eigenvalue weighted by atomic mass is 10.2. The summed E-state index contributed by atoms with van der Waals surface area (Å²) in [7, 11) is 3.19. The van der Waals surface area contributed by atoms with Gasteiger partial charge in [0.1, 0.15) is 0 Å². The van der Waals surface area contributed by atoms with Crippen molar-refractivity contribution in [2.45, 2.75) is 13.3 Å². The van der Waals surface area contributed by atoms with Gasteiger partial charge in [-0.15, -0.1) is 0 Å². The highest BCUT2D eigenvalue weighted by molar-refractivity contribution is 5.71. The summed E-state index contributed by atoms with van der Waals surface area (Å²) in [6.45, 7) is 4.29. The zero-order valence-corrected chi connectivity index (χ0v) is 11.3. The van der Waals surface area contributed by atoms with E-state index in [1.54, 1.807) is 20.3 Å². The molecule has 0 aliphatic heterocycles. The summed E-state index contributed by atoms with van der Waals surface area (Å²) in [5.74, 6) is 1.30. The van der Waals surface area contributed by atoms with Crippen LogP contribution in [-0.2, 0) is 4.74 Å². The largest absolute Gasteiger partial charge is 0.493 e. The van der Waals surface area contributed by atoms with Crippen molar-refractivity contribution in [2.24, 2.45) is 0 Å². The van der Waals surface area contributed by atoms with Crippen LogP contribution in [0.3, 0.4) is 0 Å². The second-order valence-electron chi connectivity index (χ2n) is 3.77. The topological polar surface area (TPSA) is 65.7 Å². The number of methoxy groups -OCH3 is 2. The Morgan fingerprint density at radius 1 is 1.17 bits per heavy atom. The molecule has 0 saturated heterocycles. The Bertz CT molecular complexity index is 369. The molecule has 0 spiro atoms. The molecule has 0 aromatic heterocycles. The van der Waals surface area contributed by atoms with Gasteiger partial charge >= 0.3 is 0 Å². The molecule has 0 atom stereocenters. The third kappa shape index (κ3) is 4.00. The van der Waals surface area contributed by atoms with Gasteiger partial charge < -0.3 is 25.3 Å². The number of hydrogen-bond donors (Lipinski definition) is 2. The number of anilines is 2. The van der Waals surface area contributed by atoms with Crippen molar-refractivity contribution < 1.29 is 14.2 Å². The van der Waals surface area contributed by atoms with Gasteiger partial charge in [-0.05, 0) is 13.3 Å². The molecule has 0 amide bonds. The molecule has 0 radical (unpaired) electrons. The Labute approximate surface area is 108 Å². The maximum absolute atomic E-state index is 5.93. The van der Waals surface area contributed by atoms with Crippen molar-refractivity contribution in [2.75, 3.05) is 45.0 Å². The molecule has 5 nitrogen and oxygen atoms in total. The van der Waals surface area contributed by atoms with Gasteiger partial charge in [-0.25, -0.2) is 0 Å². The van der Waals surface area contributed by atoms with Crippen LogP contribution >= 0.6 is 0 Å². The molecule has 0 unspecified atom stereocenters. The average molecular weight is 254 g/mol. The van der Waals surface area contributed by atoms with Gasteiger partial charge in [-0.2, -0.15) is 0 Å². The molecule has 1 rings (SSSR count). The molecule has 102 valence electrons. The fourth-order valence-electron chi connectivity index (χ4n) is 1.59. The summed E-state index contributed by atoms with van der Waals surface area (Å²) in [5.41, 5.74) is 7.43. The van der Waals surface area contributed by atoms with Crippen molar-refractivity contribution >= 4 is 11.4 Å². The monoisotopic (exact) mass is 254 g/mol. The first-order chi connectivity index (χ1) is 8.72. The first-order valence-electron chi connectivity index (χ1n) is 6.06. The number of nitrogens with one attached hydrogen (secondary N) is 1. The first-order valence-corrected chi connectivity index (χ1v) is 6.06. The Kier molecular flexibility index (Phi) is 6.14. The molecule has 3 N–H and O–H groups in total. The van der Waals surface area contributed by atoms with Crippen LogP contribution in [0.1, 0.15) is 13.3 Å². The maximum Gasteiger partial charge on any atom is 0.162 e. The second kappa shape index (κ2) is 7.66. The highest BCUT2D eigenvalue weighted by Crippen LogP contribution is 2.34. The Hall–Kier alpha value is -1.62. The zero-order chi connectivity index (χ0) is 13.4. The van der Waals surface area contributed by atoms with E-state index in [1.165, 1.54) is 0 Å². The molecule has 0 fully saturated rings. The van der Waals surface area contributed by atoms with Crippen LogP contribution in [0.25, 0.3) is 0 Å². The van der Waals surface area contributed by atoms with Crippen LogP contribution in [0.2, 0.25) is 0 Å². The van der Waals surface area contributed by atoms with Gasteiger partial charge in [0.15, 0.2) is 11.5 Å². The minimum absolute atomic E-state index is 0.634. The van der Waals surface area contributed by atoms with Gasteiger partial charge in [0, 0.05) is 31.9 Å². The fourth-order valence-corrected chi connectivity index (χ4v) is 1.59. The first kappa shape index (κ1) is 14.4. The van der Waals surface area contributed by atoms with Crippen molar-refractivity contribution in [3.63, 3.8) is 0 Å². The quantitative estimate of drug-likeness (QED) is 0.549. The van der Waals surface area contributed by atoms with E-state index >= 15 is 0 Å². The Morgan fingerprint density at radius 3 is 2.44 bits per heavy atom. The van der Waals surface area contributed by atoms with Gasteiger partial charge in [-0.3, -0.25) is 0 Å². The summed E-state index contributed by atoms with van der Waals surface area (Å²) in [6.07, 6.45) is 0.932. The smallest absolute Gasteiger partial charge is 0.162 e. The summed E-state index contributed by atoms with van der Waals surface area (Å²) in [4.78, 5) is 0. The summed E-state index contributed by atoms with van der Waals surface area (Å²) in [5, 5.41) is 3.26. The van der Waals surface area contributed by atoms with Crippen LogP contribution in [0.4, 0.5) is 11.4 Å². The normalized spacial score (nSPS) is 10.2. The third-order valence-electron chi connectivity index (χ3n) is 2.54. The summed E-state index contributed by atoms with van der Waals surface area (Å²) < 4.78 is 15.7. The van der Waals surface area contributed by atoms with E-state index in [1.807, 2.05) is 13.0 Å². The lowest BCUT2D eigenvalue weighted by Crippen LogP contribution is -2.08. The predicted molar refractivity (Wildman–Crippen MR) is 73.6 cm³/mol. The van der Waals surface area contributed by atoms with Gasteiger partial charge in [0.25, 0.3) is 0 Å². The number of hydrogen-bond acceptors (Lipinski definition) is 5. The van der Waals surface area contributed by atoms with E-state index in [2.05, 4.69) is 5.32 Å². The van der Waals surface area contributed by atoms with Crippen LogP contribution in [-0.4, -0.2) is 34.0 Å².